The molecule has 0 aromatic heterocycles. The number of hydrogen-bond donors (Lipinski definition) is 2. The van der Waals surface area contributed by atoms with Gasteiger partial charge in [-0.2, -0.15) is 0 Å². The minimum atomic E-state index is -0.657. The van der Waals surface area contributed by atoms with Gasteiger partial charge in [-0.05, 0) is 23.8 Å². The second-order valence-corrected chi connectivity index (χ2v) is 4.79. The lowest BCUT2D eigenvalue weighted by Gasteiger charge is -2.26. The van der Waals surface area contributed by atoms with Crippen LogP contribution in [0.1, 0.15) is 5.56 Å². The second kappa shape index (κ2) is 5.36. The summed E-state index contributed by atoms with van der Waals surface area (Å²) in [5.41, 5.74) is 1.46. The van der Waals surface area contributed by atoms with Crippen molar-refractivity contribution in [3.63, 3.8) is 0 Å². The molecule has 0 bridgehead atoms. The average Bonchev–Trinajstić information content (AvgIpc) is 2.49. The van der Waals surface area contributed by atoms with E-state index in [-0.39, 0.29) is 11.7 Å². The Hall–Kier alpha value is -2.69. The third kappa shape index (κ3) is 2.63. The highest BCUT2D eigenvalue weighted by Gasteiger charge is 2.28. The molecule has 1 aliphatic heterocycles. The first-order chi connectivity index (χ1) is 10.2. The van der Waals surface area contributed by atoms with Gasteiger partial charge in [0.2, 0.25) is 0 Å². The lowest BCUT2D eigenvalue weighted by atomic mass is 10.0. The number of fused-ring (bicyclic) bond motifs is 1. The van der Waals surface area contributed by atoms with Crippen LogP contribution in [0.25, 0.3) is 0 Å². The Morgan fingerprint density at radius 2 is 2.10 bits per heavy atom. The number of carbonyl (C=O) groups is 1. The van der Waals surface area contributed by atoms with Crippen LogP contribution in [-0.4, -0.2) is 24.2 Å². The zero-order valence-electron chi connectivity index (χ0n) is 11.5. The first kappa shape index (κ1) is 13.3. The van der Waals surface area contributed by atoms with Crippen molar-refractivity contribution in [2.24, 2.45) is 0 Å². The van der Waals surface area contributed by atoms with E-state index in [1.165, 1.54) is 12.1 Å². The summed E-state index contributed by atoms with van der Waals surface area (Å²) in [5, 5.41) is 12.3. The lowest BCUT2D eigenvalue weighted by Crippen LogP contribution is -2.38. The predicted molar refractivity (Wildman–Crippen MR) is 77.9 cm³/mol. The van der Waals surface area contributed by atoms with Gasteiger partial charge < -0.3 is 19.9 Å². The molecule has 1 unspecified atom stereocenters. The number of aromatic hydroxyl groups is 1. The van der Waals surface area contributed by atoms with Crippen LogP contribution in [0.5, 0.6) is 17.2 Å². The van der Waals surface area contributed by atoms with Crippen molar-refractivity contribution >= 4 is 11.6 Å². The normalized spacial score (nSPS) is 16.6. The van der Waals surface area contributed by atoms with Crippen LogP contribution in [0.4, 0.5) is 5.69 Å². The number of carbonyl (C=O) groups excluding carboxylic acids is 1. The molecular weight excluding hydrogens is 270 g/mol. The number of methoxy groups -OCH3 is 1. The molecular formula is C16H15NO4. The number of anilines is 1. The molecule has 0 radical (unpaired) electrons. The molecule has 1 amide bonds. The Morgan fingerprint density at radius 3 is 2.90 bits per heavy atom. The second-order valence-electron chi connectivity index (χ2n) is 4.79. The summed E-state index contributed by atoms with van der Waals surface area (Å²) < 4.78 is 11.0. The van der Waals surface area contributed by atoms with Gasteiger partial charge in [-0.3, -0.25) is 4.79 Å². The minimum Gasteiger partial charge on any atom is -0.508 e. The molecule has 2 aromatic rings. The van der Waals surface area contributed by atoms with Gasteiger partial charge in [0.05, 0.1) is 12.8 Å². The monoisotopic (exact) mass is 285 g/mol. The maximum absolute atomic E-state index is 12.1. The summed E-state index contributed by atoms with van der Waals surface area (Å²) in [6.07, 6.45) is -0.263. The molecule has 5 heteroatoms. The number of hydrogen-bond acceptors (Lipinski definition) is 4. The highest BCUT2D eigenvalue weighted by molar-refractivity contribution is 5.98. The number of para-hydroxylation sites is 1. The van der Waals surface area contributed by atoms with E-state index >= 15 is 0 Å². The van der Waals surface area contributed by atoms with Crippen molar-refractivity contribution in [2.75, 3.05) is 12.4 Å². The number of benzene rings is 2. The molecule has 0 aliphatic carbocycles. The smallest absolute Gasteiger partial charge is 0.265 e. The maximum Gasteiger partial charge on any atom is 0.265 e. The molecule has 0 saturated carbocycles. The third-order valence-electron chi connectivity index (χ3n) is 3.38. The van der Waals surface area contributed by atoms with Crippen molar-refractivity contribution in [2.45, 2.75) is 12.5 Å². The first-order valence-electron chi connectivity index (χ1n) is 6.60. The highest BCUT2D eigenvalue weighted by atomic mass is 16.5. The summed E-state index contributed by atoms with van der Waals surface area (Å²) in [5.74, 6) is 1.07. The van der Waals surface area contributed by atoms with E-state index in [0.717, 1.165) is 11.3 Å². The molecule has 108 valence electrons. The molecule has 1 atom stereocenters. The number of phenolic OH excluding ortho intramolecular Hbond substituents is 1. The Bertz CT molecular complexity index is 684. The van der Waals surface area contributed by atoms with E-state index < -0.39 is 6.10 Å². The number of phenols is 1. The van der Waals surface area contributed by atoms with Gasteiger partial charge in [0.25, 0.3) is 5.91 Å². The van der Waals surface area contributed by atoms with E-state index in [0.29, 0.717) is 17.9 Å². The van der Waals surface area contributed by atoms with Crippen LogP contribution in [0.2, 0.25) is 0 Å². The van der Waals surface area contributed by atoms with E-state index in [2.05, 4.69) is 5.32 Å². The Labute approximate surface area is 122 Å². The molecule has 21 heavy (non-hydrogen) atoms. The van der Waals surface area contributed by atoms with Gasteiger partial charge in [0.1, 0.15) is 17.2 Å². The summed E-state index contributed by atoms with van der Waals surface area (Å²) in [4.78, 5) is 12.1. The van der Waals surface area contributed by atoms with Gasteiger partial charge in [0.15, 0.2) is 6.10 Å². The van der Waals surface area contributed by atoms with Gasteiger partial charge in [0, 0.05) is 12.5 Å². The Balaban J connectivity index is 1.85. The van der Waals surface area contributed by atoms with Crippen molar-refractivity contribution in [1.29, 1.82) is 0 Å². The summed E-state index contributed by atoms with van der Waals surface area (Å²) in [6, 6.07) is 12.1. The largest absolute Gasteiger partial charge is 0.508 e. The molecule has 2 aromatic carbocycles. The van der Waals surface area contributed by atoms with E-state index in [1.54, 1.807) is 13.2 Å². The predicted octanol–water partition coefficient (Wildman–Crippen LogP) is 2.34. The third-order valence-corrected chi connectivity index (χ3v) is 3.38. The van der Waals surface area contributed by atoms with Crippen LogP contribution in [0, 0.1) is 0 Å². The molecule has 3 rings (SSSR count). The quantitative estimate of drug-likeness (QED) is 0.849. The van der Waals surface area contributed by atoms with Crippen molar-refractivity contribution < 1.29 is 19.4 Å². The fourth-order valence-electron chi connectivity index (χ4n) is 2.34. The van der Waals surface area contributed by atoms with Crippen LogP contribution in [-0.2, 0) is 11.2 Å². The first-order valence-corrected chi connectivity index (χ1v) is 6.60. The zero-order valence-corrected chi connectivity index (χ0v) is 11.5. The number of nitrogens with one attached hydrogen (secondary N) is 1. The summed E-state index contributed by atoms with van der Waals surface area (Å²) in [7, 11) is 1.59. The molecule has 2 N–H and O–H groups in total. The topological polar surface area (TPSA) is 67.8 Å². The lowest BCUT2D eigenvalue weighted by molar-refractivity contribution is -0.123. The van der Waals surface area contributed by atoms with Crippen LogP contribution < -0.4 is 14.8 Å². The van der Waals surface area contributed by atoms with Crippen molar-refractivity contribution in [1.82, 2.24) is 0 Å². The van der Waals surface area contributed by atoms with Crippen LogP contribution in [0.15, 0.2) is 42.5 Å². The fourth-order valence-corrected chi connectivity index (χ4v) is 2.34. The number of rotatable bonds is 3. The van der Waals surface area contributed by atoms with Gasteiger partial charge in [-0.15, -0.1) is 0 Å². The van der Waals surface area contributed by atoms with E-state index in [4.69, 9.17) is 9.47 Å². The van der Waals surface area contributed by atoms with Gasteiger partial charge in [-0.1, -0.05) is 18.2 Å². The average molecular weight is 285 g/mol. The summed E-state index contributed by atoms with van der Waals surface area (Å²) in [6.45, 7) is 0. The molecule has 0 saturated heterocycles. The number of ether oxygens (including phenoxy) is 2. The SMILES string of the molecule is COc1ccccc1CC1Oc2cc(O)ccc2NC1=O. The molecule has 1 heterocycles. The molecule has 0 fully saturated rings. The standard InChI is InChI=1S/C16H15NO4/c1-20-13-5-3-2-4-10(13)8-15-16(19)17-12-7-6-11(18)9-14(12)21-15/h2-7,9,15,18H,8H2,1H3,(H,17,19). The summed E-state index contributed by atoms with van der Waals surface area (Å²) >= 11 is 0. The van der Waals surface area contributed by atoms with Crippen molar-refractivity contribution in [3.8, 4) is 17.2 Å². The molecule has 5 nitrogen and oxygen atoms in total. The minimum absolute atomic E-state index is 0.0981. The van der Waals surface area contributed by atoms with Gasteiger partial charge >= 0.3 is 0 Å². The van der Waals surface area contributed by atoms with E-state index in [9.17, 15) is 9.90 Å². The maximum atomic E-state index is 12.1. The van der Waals surface area contributed by atoms with Gasteiger partial charge in [-0.25, -0.2) is 0 Å². The Kier molecular flexibility index (Phi) is 3.39. The van der Waals surface area contributed by atoms with Crippen molar-refractivity contribution in [3.05, 3.63) is 48.0 Å². The van der Waals surface area contributed by atoms with Crippen LogP contribution >= 0.6 is 0 Å². The zero-order chi connectivity index (χ0) is 14.8. The molecule has 0 spiro atoms. The number of amides is 1. The Morgan fingerprint density at radius 1 is 1.29 bits per heavy atom. The fraction of sp³-hybridized carbons (Fsp3) is 0.188. The van der Waals surface area contributed by atoms with E-state index in [1.807, 2.05) is 24.3 Å². The molecule has 1 aliphatic rings. The van der Waals surface area contributed by atoms with Crippen LogP contribution in [0.3, 0.4) is 0 Å². The highest BCUT2D eigenvalue weighted by Crippen LogP contribution is 2.34.